The second-order valence-corrected chi connectivity index (χ2v) is 5.89. The fraction of sp³-hybridized carbons (Fsp3) is 0.211. The Kier molecular flexibility index (Phi) is 4.53. The Balaban J connectivity index is 2.25. The molecule has 3 nitrogen and oxygen atoms in total. The lowest BCUT2D eigenvalue weighted by atomic mass is 10.0. The van der Waals surface area contributed by atoms with Crippen LogP contribution in [0.2, 0.25) is 0 Å². The number of carbonyl (C=O) groups is 1. The molecule has 0 aliphatic rings. The molecule has 3 rings (SSSR count). The molecule has 3 aromatic rings. The summed E-state index contributed by atoms with van der Waals surface area (Å²) in [5.74, 6) is -0.266. The highest BCUT2D eigenvalue weighted by Gasteiger charge is 2.21. The van der Waals surface area contributed by atoms with Crippen LogP contribution in [0.25, 0.3) is 22.0 Å². The monoisotopic (exact) mass is 371 g/mol. The van der Waals surface area contributed by atoms with Crippen LogP contribution in [0.1, 0.15) is 23.0 Å². The topological polar surface area (TPSA) is 31.2 Å². The highest BCUT2D eigenvalue weighted by molar-refractivity contribution is 9.08. The van der Waals surface area contributed by atoms with E-state index in [9.17, 15) is 4.79 Å². The predicted octanol–water partition coefficient (Wildman–Crippen LogP) is 4.92. The van der Waals surface area contributed by atoms with Crippen LogP contribution in [0.3, 0.4) is 0 Å². The van der Waals surface area contributed by atoms with Crippen molar-refractivity contribution in [2.45, 2.75) is 12.3 Å². The summed E-state index contributed by atoms with van der Waals surface area (Å²) in [4.78, 5) is 12.4. The number of rotatable bonds is 4. The van der Waals surface area contributed by atoms with E-state index in [0.717, 1.165) is 27.7 Å². The predicted molar refractivity (Wildman–Crippen MR) is 96.9 cm³/mol. The fourth-order valence-electron chi connectivity index (χ4n) is 2.89. The Morgan fingerprint density at radius 1 is 1.13 bits per heavy atom. The van der Waals surface area contributed by atoms with Crippen molar-refractivity contribution in [2.75, 3.05) is 6.61 Å². The minimum absolute atomic E-state index is 0.266. The van der Waals surface area contributed by atoms with Gasteiger partial charge in [-0.1, -0.05) is 52.3 Å². The summed E-state index contributed by atoms with van der Waals surface area (Å²) in [7, 11) is 1.98. The third-order valence-electron chi connectivity index (χ3n) is 4.03. The number of carbonyl (C=O) groups excluding carboxylic acids is 1. The number of hydrogen-bond donors (Lipinski definition) is 0. The number of nitrogens with zero attached hydrogens (tertiary/aromatic N) is 1. The lowest BCUT2D eigenvalue weighted by Gasteiger charge is -2.04. The van der Waals surface area contributed by atoms with E-state index in [1.807, 2.05) is 36.7 Å². The number of esters is 1. The molecule has 0 radical (unpaired) electrons. The van der Waals surface area contributed by atoms with Gasteiger partial charge in [0.2, 0.25) is 0 Å². The van der Waals surface area contributed by atoms with Crippen LogP contribution in [0.4, 0.5) is 0 Å². The quantitative estimate of drug-likeness (QED) is 0.481. The van der Waals surface area contributed by atoms with Crippen LogP contribution in [-0.4, -0.2) is 17.1 Å². The van der Waals surface area contributed by atoms with Crippen molar-refractivity contribution >= 4 is 32.8 Å². The highest BCUT2D eigenvalue weighted by Crippen LogP contribution is 2.31. The van der Waals surface area contributed by atoms with E-state index in [1.165, 1.54) is 0 Å². The minimum Gasteiger partial charge on any atom is -0.462 e. The lowest BCUT2D eigenvalue weighted by molar-refractivity contribution is 0.0527. The molecule has 0 spiro atoms. The Morgan fingerprint density at radius 3 is 2.52 bits per heavy atom. The smallest absolute Gasteiger partial charge is 0.340 e. The summed E-state index contributed by atoms with van der Waals surface area (Å²) >= 11 is 3.49. The van der Waals surface area contributed by atoms with E-state index >= 15 is 0 Å². The Morgan fingerprint density at radius 2 is 1.87 bits per heavy atom. The molecule has 0 saturated heterocycles. The zero-order chi connectivity index (χ0) is 16.4. The summed E-state index contributed by atoms with van der Waals surface area (Å²) in [6, 6.07) is 16.4. The van der Waals surface area contributed by atoms with Crippen LogP contribution in [0.5, 0.6) is 0 Å². The van der Waals surface area contributed by atoms with Gasteiger partial charge in [-0.3, -0.25) is 0 Å². The first-order chi connectivity index (χ1) is 11.2. The molecule has 0 unspecified atom stereocenters. The second kappa shape index (κ2) is 6.59. The van der Waals surface area contributed by atoms with E-state index in [-0.39, 0.29) is 5.97 Å². The summed E-state index contributed by atoms with van der Waals surface area (Å²) in [5.41, 5.74) is 4.84. The third kappa shape index (κ3) is 2.79. The standard InChI is InChI=1S/C19H18BrNO2/c1-3-23-19(22)18-15-11-14(13-7-5-4-6-8-13)9-10-16(15)21(2)17(18)12-20/h4-11H,3,12H2,1-2H3. The number of ether oxygens (including phenoxy) is 1. The summed E-state index contributed by atoms with van der Waals surface area (Å²) < 4.78 is 7.31. The number of hydrogen-bond acceptors (Lipinski definition) is 2. The molecule has 4 heteroatoms. The molecule has 118 valence electrons. The average molecular weight is 372 g/mol. The van der Waals surface area contributed by atoms with Gasteiger partial charge in [-0.25, -0.2) is 4.79 Å². The zero-order valence-electron chi connectivity index (χ0n) is 13.2. The summed E-state index contributed by atoms with van der Waals surface area (Å²) in [6.07, 6.45) is 0. The molecule has 23 heavy (non-hydrogen) atoms. The van der Waals surface area contributed by atoms with Gasteiger partial charge in [-0.15, -0.1) is 0 Å². The van der Waals surface area contributed by atoms with E-state index in [1.54, 1.807) is 0 Å². The van der Waals surface area contributed by atoms with Gasteiger partial charge < -0.3 is 9.30 Å². The molecule has 1 heterocycles. The number of alkyl halides is 1. The number of aryl methyl sites for hydroxylation is 1. The van der Waals surface area contributed by atoms with Gasteiger partial charge in [0, 0.05) is 29.0 Å². The Bertz CT molecular complexity index is 853. The van der Waals surface area contributed by atoms with E-state index in [0.29, 0.717) is 17.5 Å². The molecular weight excluding hydrogens is 354 g/mol. The van der Waals surface area contributed by atoms with Crippen molar-refractivity contribution in [3.8, 4) is 11.1 Å². The molecule has 0 fully saturated rings. The molecular formula is C19H18BrNO2. The Hall–Kier alpha value is -2.07. The maximum absolute atomic E-state index is 12.4. The van der Waals surface area contributed by atoms with Crippen molar-refractivity contribution < 1.29 is 9.53 Å². The van der Waals surface area contributed by atoms with E-state index < -0.39 is 0 Å². The first-order valence-electron chi connectivity index (χ1n) is 7.57. The summed E-state index contributed by atoms with van der Waals surface area (Å²) in [5, 5.41) is 1.54. The summed E-state index contributed by atoms with van der Waals surface area (Å²) in [6.45, 7) is 2.20. The molecule has 0 atom stereocenters. The number of fused-ring (bicyclic) bond motifs is 1. The maximum atomic E-state index is 12.4. The normalized spacial score (nSPS) is 10.9. The molecule has 2 aromatic carbocycles. The van der Waals surface area contributed by atoms with Crippen molar-refractivity contribution in [3.05, 3.63) is 59.8 Å². The van der Waals surface area contributed by atoms with Crippen LogP contribution >= 0.6 is 15.9 Å². The van der Waals surface area contributed by atoms with Crippen molar-refractivity contribution in [1.29, 1.82) is 0 Å². The van der Waals surface area contributed by atoms with E-state index in [4.69, 9.17) is 4.74 Å². The zero-order valence-corrected chi connectivity index (χ0v) is 14.8. The van der Waals surface area contributed by atoms with Gasteiger partial charge in [0.15, 0.2) is 0 Å². The first-order valence-corrected chi connectivity index (χ1v) is 8.69. The first kappa shape index (κ1) is 15.8. The number of aromatic nitrogens is 1. The van der Waals surface area contributed by atoms with Crippen LogP contribution in [0.15, 0.2) is 48.5 Å². The third-order valence-corrected chi connectivity index (χ3v) is 4.57. The van der Waals surface area contributed by atoms with Gasteiger partial charge in [0.05, 0.1) is 12.2 Å². The molecule has 1 aromatic heterocycles. The van der Waals surface area contributed by atoms with Crippen molar-refractivity contribution in [1.82, 2.24) is 4.57 Å². The molecule has 0 aliphatic carbocycles. The molecule has 0 N–H and O–H groups in total. The molecule has 0 saturated carbocycles. The fourth-order valence-corrected chi connectivity index (χ4v) is 3.55. The maximum Gasteiger partial charge on any atom is 0.340 e. The van der Waals surface area contributed by atoms with Crippen molar-refractivity contribution in [2.24, 2.45) is 7.05 Å². The lowest BCUT2D eigenvalue weighted by Crippen LogP contribution is -2.07. The number of benzene rings is 2. The van der Waals surface area contributed by atoms with Gasteiger partial charge in [-0.2, -0.15) is 0 Å². The van der Waals surface area contributed by atoms with Crippen LogP contribution in [0, 0.1) is 0 Å². The number of halogens is 1. The van der Waals surface area contributed by atoms with Crippen LogP contribution in [-0.2, 0) is 17.1 Å². The minimum atomic E-state index is -0.266. The Labute approximate surface area is 144 Å². The van der Waals surface area contributed by atoms with Gasteiger partial charge in [0.25, 0.3) is 0 Å². The van der Waals surface area contributed by atoms with Gasteiger partial charge in [0.1, 0.15) is 0 Å². The van der Waals surface area contributed by atoms with Crippen molar-refractivity contribution in [3.63, 3.8) is 0 Å². The SMILES string of the molecule is CCOC(=O)c1c(CBr)n(C)c2ccc(-c3ccccc3)cc12. The highest BCUT2D eigenvalue weighted by atomic mass is 79.9. The molecule has 0 aliphatic heterocycles. The van der Waals surface area contributed by atoms with Gasteiger partial charge >= 0.3 is 5.97 Å². The van der Waals surface area contributed by atoms with E-state index in [2.05, 4.69) is 46.3 Å². The van der Waals surface area contributed by atoms with Crippen LogP contribution < -0.4 is 0 Å². The molecule has 0 amide bonds. The molecule has 0 bridgehead atoms. The largest absolute Gasteiger partial charge is 0.462 e. The average Bonchev–Trinajstić information content (AvgIpc) is 2.87. The van der Waals surface area contributed by atoms with Gasteiger partial charge in [-0.05, 0) is 30.2 Å². The second-order valence-electron chi connectivity index (χ2n) is 5.33.